The van der Waals surface area contributed by atoms with E-state index in [1.54, 1.807) is 6.26 Å². The first-order valence-corrected chi connectivity index (χ1v) is 10.2. The van der Waals surface area contributed by atoms with Crippen molar-refractivity contribution in [1.82, 2.24) is 4.90 Å². The normalized spacial score (nSPS) is 18.1. The zero-order valence-electron chi connectivity index (χ0n) is 14.2. The van der Waals surface area contributed by atoms with Crippen molar-refractivity contribution in [3.8, 4) is 0 Å². The van der Waals surface area contributed by atoms with E-state index in [2.05, 4.69) is 5.32 Å². The topological polar surface area (TPSA) is 49.4 Å². The summed E-state index contributed by atoms with van der Waals surface area (Å²) in [6.07, 6.45) is 6.96. The molecule has 0 spiro atoms. The number of anilines is 1. The highest BCUT2D eigenvalue weighted by atomic mass is 32.2. The fourth-order valence-electron chi connectivity index (χ4n) is 3.03. The van der Waals surface area contributed by atoms with Gasteiger partial charge in [0.2, 0.25) is 5.91 Å². The summed E-state index contributed by atoms with van der Waals surface area (Å²) in [6, 6.07) is 8.06. The van der Waals surface area contributed by atoms with Gasteiger partial charge in [0.05, 0.1) is 0 Å². The number of hydrogen-bond donors (Lipinski definition) is 1. The monoisotopic (exact) mass is 336 g/mol. The summed E-state index contributed by atoms with van der Waals surface area (Å²) in [5.41, 5.74) is 2.05. The molecule has 0 saturated carbocycles. The molecule has 4 nitrogen and oxygen atoms in total. The number of nitrogens with zero attached hydrogens (tertiary/aromatic N) is 1. The molecule has 1 aliphatic heterocycles. The third kappa shape index (κ3) is 6.34. The molecular weight excluding hydrogens is 308 g/mol. The van der Waals surface area contributed by atoms with Gasteiger partial charge in [-0.15, -0.1) is 0 Å². The molecule has 0 aliphatic carbocycles. The van der Waals surface area contributed by atoms with E-state index >= 15 is 0 Å². The molecule has 23 heavy (non-hydrogen) atoms. The number of likely N-dealkylation sites (tertiary alicyclic amines) is 1. The van der Waals surface area contributed by atoms with Gasteiger partial charge in [-0.25, -0.2) is 0 Å². The molecule has 1 aromatic carbocycles. The van der Waals surface area contributed by atoms with Gasteiger partial charge in [-0.2, -0.15) is 0 Å². The summed E-state index contributed by atoms with van der Waals surface area (Å²) in [4.78, 5) is 14.4. The lowest BCUT2D eigenvalue weighted by atomic mass is 10.1. The van der Waals surface area contributed by atoms with Crippen LogP contribution in [0.5, 0.6) is 0 Å². The Morgan fingerprint density at radius 1 is 1.26 bits per heavy atom. The number of carbonyl (C=O) groups is 1. The lowest BCUT2D eigenvalue weighted by molar-refractivity contribution is -0.131. The Kier molecular flexibility index (Phi) is 7.09. The van der Waals surface area contributed by atoms with Crippen molar-refractivity contribution >= 4 is 22.4 Å². The minimum Gasteiger partial charge on any atom is -0.382 e. The molecule has 2 atom stereocenters. The molecule has 0 bridgehead atoms. The van der Waals surface area contributed by atoms with E-state index in [0.29, 0.717) is 12.2 Å². The van der Waals surface area contributed by atoms with Gasteiger partial charge in [-0.3, -0.25) is 9.00 Å². The van der Waals surface area contributed by atoms with Crippen molar-refractivity contribution in [3.63, 3.8) is 0 Å². The summed E-state index contributed by atoms with van der Waals surface area (Å²) >= 11 is 0. The van der Waals surface area contributed by atoms with E-state index in [4.69, 9.17) is 0 Å². The fourth-order valence-corrected chi connectivity index (χ4v) is 3.68. The molecule has 2 rings (SSSR count). The molecule has 128 valence electrons. The highest BCUT2D eigenvalue weighted by Gasteiger charge is 2.17. The molecule has 1 N–H and O–H groups in total. The quantitative estimate of drug-likeness (QED) is 0.868. The third-order valence-electron chi connectivity index (χ3n) is 4.15. The van der Waals surface area contributed by atoms with Crippen molar-refractivity contribution in [3.05, 3.63) is 29.8 Å². The first-order valence-electron chi connectivity index (χ1n) is 8.48. The molecule has 0 radical (unpaired) electrons. The lowest BCUT2D eigenvalue weighted by Gasteiger charge is -2.23. The van der Waals surface area contributed by atoms with Crippen LogP contribution in [0.1, 0.15) is 44.6 Å². The molecule has 1 saturated heterocycles. The maximum Gasteiger partial charge on any atom is 0.224 e. The zero-order chi connectivity index (χ0) is 16.7. The van der Waals surface area contributed by atoms with Gasteiger partial charge in [-0.1, -0.05) is 25.0 Å². The van der Waals surface area contributed by atoms with E-state index in [0.717, 1.165) is 37.2 Å². The van der Waals surface area contributed by atoms with Crippen LogP contribution >= 0.6 is 0 Å². The summed E-state index contributed by atoms with van der Waals surface area (Å²) in [7, 11) is -0.840. The summed E-state index contributed by atoms with van der Waals surface area (Å²) < 4.78 is 11.3. The SMILES string of the molecule is CC(CC(=O)N1CCCCCC1)Nc1cccc(CS(C)=O)c1. The Balaban J connectivity index is 1.87. The maximum absolute atomic E-state index is 12.4. The van der Waals surface area contributed by atoms with Gasteiger partial charge in [0.15, 0.2) is 0 Å². The third-order valence-corrected chi connectivity index (χ3v) is 4.89. The molecule has 5 heteroatoms. The lowest BCUT2D eigenvalue weighted by Crippen LogP contribution is -2.35. The van der Waals surface area contributed by atoms with Crippen LogP contribution in [-0.2, 0) is 21.3 Å². The smallest absolute Gasteiger partial charge is 0.224 e. The van der Waals surface area contributed by atoms with Gasteiger partial charge in [0.25, 0.3) is 0 Å². The predicted molar refractivity (Wildman–Crippen MR) is 97.0 cm³/mol. The van der Waals surface area contributed by atoms with Crippen molar-refractivity contribution in [2.24, 2.45) is 0 Å². The maximum atomic E-state index is 12.4. The van der Waals surface area contributed by atoms with Gasteiger partial charge in [0, 0.05) is 54.0 Å². The van der Waals surface area contributed by atoms with E-state index in [1.807, 2.05) is 36.1 Å². The van der Waals surface area contributed by atoms with E-state index in [1.165, 1.54) is 12.8 Å². The standard InChI is InChI=1S/C18H28N2O2S/c1-15(12-18(21)20-10-5-3-4-6-11-20)19-17-9-7-8-16(13-17)14-23(2)22/h7-9,13,15,19H,3-6,10-12,14H2,1-2H3. The van der Waals surface area contributed by atoms with Crippen LogP contribution in [0.4, 0.5) is 5.69 Å². The van der Waals surface area contributed by atoms with E-state index in [9.17, 15) is 9.00 Å². The molecule has 1 aliphatic rings. The van der Waals surface area contributed by atoms with Crippen LogP contribution in [-0.4, -0.2) is 40.4 Å². The Bertz CT molecular complexity index is 540. The van der Waals surface area contributed by atoms with Gasteiger partial charge >= 0.3 is 0 Å². The summed E-state index contributed by atoms with van der Waals surface area (Å²) in [6.45, 7) is 3.85. The second-order valence-corrected chi connectivity index (χ2v) is 7.90. The van der Waals surface area contributed by atoms with Crippen molar-refractivity contribution in [2.45, 2.75) is 50.8 Å². The van der Waals surface area contributed by atoms with Crippen molar-refractivity contribution in [2.75, 3.05) is 24.7 Å². The van der Waals surface area contributed by atoms with Gasteiger partial charge < -0.3 is 10.2 Å². The molecular formula is C18H28N2O2S. The Morgan fingerprint density at radius 2 is 1.96 bits per heavy atom. The van der Waals surface area contributed by atoms with Crippen LogP contribution < -0.4 is 5.32 Å². The second kappa shape index (κ2) is 9.06. The average molecular weight is 337 g/mol. The minimum atomic E-state index is -0.840. The molecule has 1 fully saturated rings. The van der Waals surface area contributed by atoms with Crippen molar-refractivity contribution < 1.29 is 9.00 Å². The van der Waals surface area contributed by atoms with Crippen LogP contribution in [0.3, 0.4) is 0 Å². The van der Waals surface area contributed by atoms with Crippen molar-refractivity contribution in [1.29, 1.82) is 0 Å². The van der Waals surface area contributed by atoms with Gasteiger partial charge in [0.1, 0.15) is 0 Å². The summed E-state index contributed by atoms with van der Waals surface area (Å²) in [5, 5.41) is 3.39. The first-order chi connectivity index (χ1) is 11.0. The predicted octanol–water partition coefficient (Wildman–Crippen LogP) is 3.16. The highest BCUT2D eigenvalue weighted by Crippen LogP contribution is 2.16. The van der Waals surface area contributed by atoms with Crippen LogP contribution in [0, 0.1) is 0 Å². The van der Waals surface area contributed by atoms with Crippen LogP contribution in [0.15, 0.2) is 24.3 Å². The number of nitrogens with one attached hydrogen (secondary N) is 1. The number of carbonyl (C=O) groups excluding carboxylic acids is 1. The molecule has 1 heterocycles. The number of hydrogen-bond acceptors (Lipinski definition) is 3. The Labute approximate surface area is 142 Å². The highest BCUT2D eigenvalue weighted by molar-refractivity contribution is 7.83. The molecule has 1 amide bonds. The van der Waals surface area contributed by atoms with E-state index < -0.39 is 10.8 Å². The first kappa shape index (κ1) is 18.0. The molecule has 2 unspecified atom stereocenters. The second-order valence-electron chi connectivity index (χ2n) is 6.46. The fraction of sp³-hybridized carbons (Fsp3) is 0.611. The van der Waals surface area contributed by atoms with Crippen LogP contribution in [0.25, 0.3) is 0 Å². The Morgan fingerprint density at radius 3 is 2.61 bits per heavy atom. The number of amides is 1. The van der Waals surface area contributed by atoms with Gasteiger partial charge in [-0.05, 0) is 37.5 Å². The minimum absolute atomic E-state index is 0.0909. The van der Waals surface area contributed by atoms with E-state index in [-0.39, 0.29) is 11.9 Å². The average Bonchev–Trinajstić information content (AvgIpc) is 2.75. The largest absolute Gasteiger partial charge is 0.382 e. The number of rotatable bonds is 6. The molecule has 1 aromatic rings. The zero-order valence-corrected chi connectivity index (χ0v) is 15.0. The Hall–Kier alpha value is -1.36. The van der Waals surface area contributed by atoms with Crippen LogP contribution in [0.2, 0.25) is 0 Å². The molecule has 0 aromatic heterocycles. The number of benzene rings is 1. The summed E-state index contributed by atoms with van der Waals surface area (Å²) in [5.74, 6) is 0.814.